The molecule has 2 rings (SSSR count). The summed E-state index contributed by atoms with van der Waals surface area (Å²) in [5, 5.41) is 12.4. The van der Waals surface area contributed by atoms with E-state index in [9.17, 15) is 10.1 Å². The van der Waals surface area contributed by atoms with E-state index in [-0.39, 0.29) is 17.9 Å². The molecule has 1 N–H and O–H groups in total. The zero-order valence-electron chi connectivity index (χ0n) is 19.4. The topological polar surface area (TPSA) is 77.8 Å². The van der Waals surface area contributed by atoms with Crippen molar-refractivity contribution in [2.75, 3.05) is 40.4 Å². The highest BCUT2D eigenvalue weighted by Crippen LogP contribution is 2.31. The minimum Gasteiger partial charge on any atom is -0.493 e. The summed E-state index contributed by atoms with van der Waals surface area (Å²) in [4.78, 5) is 17.3. The lowest BCUT2D eigenvalue weighted by Crippen LogP contribution is -2.58. The van der Waals surface area contributed by atoms with Gasteiger partial charge < -0.3 is 14.8 Å². The largest absolute Gasteiger partial charge is 0.493 e. The first-order valence-electron chi connectivity index (χ1n) is 10.6. The SMILES string of the molecule is COc1cc(C)c(CN2CCN([C@@H](C)C(=O)N[C@@](C)(C#N)C(C)C)CC2)cc1OC. The van der Waals surface area contributed by atoms with Crippen LogP contribution in [0.2, 0.25) is 0 Å². The van der Waals surface area contributed by atoms with Crippen LogP contribution >= 0.6 is 0 Å². The van der Waals surface area contributed by atoms with Gasteiger partial charge in [0.2, 0.25) is 5.91 Å². The number of carbonyl (C=O) groups is 1. The summed E-state index contributed by atoms with van der Waals surface area (Å²) < 4.78 is 10.8. The molecule has 1 fully saturated rings. The second kappa shape index (κ2) is 10.1. The van der Waals surface area contributed by atoms with Crippen LogP contribution in [-0.2, 0) is 11.3 Å². The molecule has 30 heavy (non-hydrogen) atoms. The number of methoxy groups -OCH3 is 2. The molecule has 1 aliphatic heterocycles. The first kappa shape index (κ1) is 24.0. The molecule has 1 aromatic rings. The second-order valence-electron chi connectivity index (χ2n) is 8.58. The predicted octanol–water partition coefficient (Wildman–Crippen LogP) is 2.57. The number of hydrogen-bond acceptors (Lipinski definition) is 6. The fraction of sp³-hybridized carbons (Fsp3) is 0.652. The molecule has 0 aromatic heterocycles. The molecule has 0 spiro atoms. The van der Waals surface area contributed by atoms with Gasteiger partial charge in [0.15, 0.2) is 11.5 Å². The van der Waals surface area contributed by atoms with Gasteiger partial charge in [-0.2, -0.15) is 5.26 Å². The van der Waals surface area contributed by atoms with Crippen molar-refractivity contribution in [3.63, 3.8) is 0 Å². The number of hydrogen-bond donors (Lipinski definition) is 1. The highest BCUT2D eigenvalue weighted by atomic mass is 16.5. The molecular weight excluding hydrogens is 380 g/mol. The fourth-order valence-electron chi connectivity index (χ4n) is 3.57. The Morgan fingerprint density at radius 2 is 1.73 bits per heavy atom. The molecule has 1 aliphatic rings. The number of nitriles is 1. The number of piperazine rings is 1. The summed E-state index contributed by atoms with van der Waals surface area (Å²) in [6.45, 7) is 13.9. The number of carbonyl (C=O) groups excluding carboxylic acids is 1. The van der Waals surface area contributed by atoms with Gasteiger partial charge in [-0.05, 0) is 49.9 Å². The molecule has 1 aromatic carbocycles. The maximum absolute atomic E-state index is 12.7. The number of nitrogens with one attached hydrogen (secondary N) is 1. The molecule has 1 amide bonds. The van der Waals surface area contributed by atoms with E-state index in [2.05, 4.69) is 28.1 Å². The van der Waals surface area contributed by atoms with E-state index in [1.165, 1.54) is 11.1 Å². The Balaban J connectivity index is 1.95. The summed E-state index contributed by atoms with van der Waals surface area (Å²) in [6, 6.07) is 6.04. The third-order valence-corrected chi connectivity index (χ3v) is 6.34. The summed E-state index contributed by atoms with van der Waals surface area (Å²) in [5.41, 5.74) is 1.54. The maximum atomic E-state index is 12.7. The van der Waals surface area contributed by atoms with Crippen molar-refractivity contribution < 1.29 is 14.3 Å². The molecule has 1 heterocycles. The molecule has 0 saturated carbocycles. The van der Waals surface area contributed by atoms with E-state index in [1.807, 2.05) is 32.9 Å². The van der Waals surface area contributed by atoms with E-state index >= 15 is 0 Å². The number of aryl methyl sites for hydroxylation is 1. The zero-order valence-corrected chi connectivity index (χ0v) is 19.4. The van der Waals surface area contributed by atoms with Crippen LogP contribution in [0.4, 0.5) is 0 Å². The van der Waals surface area contributed by atoms with Gasteiger partial charge >= 0.3 is 0 Å². The summed E-state index contributed by atoms with van der Waals surface area (Å²) in [7, 11) is 3.30. The van der Waals surface area contributed by atoms with Gasteiger partial charge in [-0.3, -0.25) is 14.6 Å². The molecule has 0 unspecified atom stereocenters. The Morgan fingerprint density at radius 1 is 1.17 bits per heavy atom. The summed E-state index contributed by atoms with van der Waals surface area (Å²) in [6.07, 6.45) is 0. The Hall–Kier alpha value is -2.30. The molecule has 1 saturated heterocycles. The average Bonchev–Trinajstić information content (AvgIpc) is 2.74. The van der Waals surface area contributed by atoms with Gasteiger partial charge in [0.1, 0.15) is 5.54 Å². The minimum atomic E-state index is -0.849. The first-order chi connectivity index (χ1) is 14.1. The van der Waals surface area contributed by atoms with Gasteiger partial charge in [-0.15, -0.1) is 0 Å². The molecule has 0 bridgehead atoms. The lowest BCUT2D eigenvalue weighted by atomic mass is 9.89. The zero-order chi connectivity index (χ0) is 22.5. The van der Waals surface area contributed by atoms with Gasteiger partial charge in [-0.1, -0.05) is 13.8 Å². The quantitative estimate of drug-likeness (QED) is 0.702. The monoisotopic (exact) mass is 416 g/mol. The third-order valence-electron chi connectivity index (χ3n) is 6.34. The third kappa shape index (κ3) is 5.44. The molecule has 166 valence electrons. The Morgan fingerprint density at radius 3 is 2.23 bits per heavy atom. The molecule has 7 nitrogen and oxygen atoms in total. The van der Waals surface area contributed by atoms with Gasteiger partial charge in [0, 0.05) is 32.7 Å². The molecule has 7 heteroatoms. The summed E-state index contributed by atoms with van der Waals surface area (Å²) in [5.74, 6) is 1.44. The number of nitrogens with zero attached hydrogens (tertiary/aromatic N) is 3. The standard InChI is InChI=1S/C23H36N4O3/c1-16(2)23(5,15-24)25-22(28)18(4)27-10-8-26(9-11-27)14-19-13-21(30-7)20(29-6)12-17(19)3/h12-13,16,18H,8-11,14H2,1-7H3,(H,25,28)/t18-,23-/m0/s1. The number of amides is 1. The van der Waals surface area contributed by atoms with E-state index in [0.717, 1.165) is 44.2 Å². The Labute approximate surface area is 180 Å². The molecular formula is C23H36N4O3. The fourth-order valence-corrected chi connectivity index (χ4v) is 3.57. The smallest absolute Gasteiger partial charge is 0.238 e. The Bertz CT molecular complexity index is 781. The van der Waals surface area contributed by atoms with Crippen LogP contribution < -0.4 is 14.8 Å². The van der Waals surface area contributed by atoms with Crippen LogP contribution in [0.15, 0.2) is 12.1 Å². The molecule has 0 radical (unpaired) electrons. The Kier molecular flexibility index (Phi) is 8.10. The first-order valence-corrected chi connectivity index (χ1v) is 10.6. The van der Waals surface area contributed by atoms with Crippen LogP contribution in [0.5, 0.6) is 11.5 Å². The number of benzene rings is 1. The normalized spacial score (nSPS) is 18.4. The van der Waals surface area contributed by atoms with Crippen molar-refractivity contribution in [3.05, 3.63) is 23.3 Å². The lowest BCUT2D eigenvalue weighted by Gasteiger charge is -2.38. The van der Waals surface area contributed by atoms with Gasteiger partial charge in [0.05, 0.1) is 26.3 Å². The van der Waals surface area contributed by atoms with Crippen molar-refractivity contribution in [1.29, 1.82) is 5.26 Å². The minimum absolute atomic E-state index is 0.0419. The highest BCUT2D eigenvalue weighted by molar-refractivity contribution is 5.82. The van der Waals surface area contributed by atoms with E-state index in [0.29, 0.717) is 0 Å². The van der Waals surface area contributed by atoms with Crippen LogP contribution in [-0.4, -0.2) is 67.7 Å². The van der Waals surface area contributed by atoms with Crippen LogP contribution in [0.1, 0.15) is 38.8 Å². The van der Waals surface area contributed by atoms with Crippen LogP contribution in [0.25, 0.3) is 0 Å². The second-order valence-corrected chi connectivity index (χ2v) is 8.58. The average molecular weight is 417 g/mol. The maximum Gasteiger partial charge on any atom is 0.238 e. The molecule has 0 aliphatic carbocycles. The van der Waals surface area contributed by atoms with Crippen LogP contribution in [0, 0.1) is 24.2 Å². The molecule has 2 atom stereocenters. The van der Waals surface area contributed by atoms with E-state index in [1.54, 1.807) is 21.1 Å². The highest BCUT2D eigenvalue weighted by Gasteiger charge is 2.34. The van der Waals surface area contributed by atoms with E-state index in [4.69, 9.17) is 9.47 Å². The van der Waals surface area contributed by atoms with Crippen molar-refractivity contribution in [3.8, 4) is 17.6 Å². The lowest BCUT2D eigenvalue weighted by molar-refractivity contribution is -0.128. The number of ether oxygens (including phenoxy) is 2. The summed E-state index contributed by atoms with van der Waals surface area (Å²) >= 11 is 0. The number of rotatable bonds is 8. The van der Waals surface area contributed by atoms with E-state index < -0.39 is 5.54 Å². The van der Waals surface area contributed by atoms with Gasteiger partial charge in [-0.25, -0.2) is 0 Å². The van der Waals surface area contributed by atoms with Crippen molar-refractivity contribution in [2.24, 2.45) is 5.92 Å². The van der Waals surface area contributed by atoms with Crippen LogP contribution in [0.3, 0.4) is 0 Å². The predicted molar refractivity (Wildman–Crippen MR) is 118 cm³/mol. The van der Waals surface area contributed by atoms with Gasteiger partial charge in [0.25, 0.3) is 0 Å². The van der Waals surface area contributed by atoms with Crippen molar-refractivity contribution >= 4 is 5.91 Å². The van der Waals surface area contributed by atoms with Crippen molar-refractivity contribution in [1.82, 2.24) is 15.1 Å². The van der Waals surface area contributed by atoms with Crippen molar-refractivity contribution in [2.45, 2.75) is 52.7 Å².